The Morgan fingerprint density at radius 3 is 2.42 bits per heavy atom. The average Bonchev–Trinajstić information content (AvgIpc) is 3.41. The van der Waals surface area contributed by atoms with E-state index in [0.717, 1.165) is 28.5 Å². The highest BCUT2D eigenvalue weighted by Gasteiger charge is 2.41. The van der Waals surface area contributed by atoms with Crippen LogP contribution in [0.25, 0.3) is 11.3 Å². The molecule has 31 heavy (non-hydrogen) atoms. The van der Waals surface area contributed by atoms with E-state index in [1.807, 2.05) is 72.8 Å². The first-order valence-electron chi connectivity index (χ1n) is 9.93. The minimum absolute atomic E-state index is 0.137. The summed E-state index contributed by atoms with van der Waals surface area (Å²) in [6.45, 7) is 0.567. The molecular weight excluding hydrogens is 428 g/mol. The Bertz CT molecular complexity index is 1180. The van der Waals surface area contributed by atoms with E-state index in [1.54, 1.807) is 12.4 Å². The Balaban J connectivity index is 1.53. The lowest BCUT2D eigenvalue weighted by Gasteiger charge is -2.25. The van der Waals surface area contributed by atoms with Gasteiger partial charge in [0.15, 0.2) is 5.11 Å². The van der Waals surface area contributed by atoms with Gasteiger partial charge in [0, 0.05) is 23.0 Å². The fourth-order valence-corrected chi connectivity index (χ4v) is 4.26. The molecule has 1 saturated heterocycles. The fraction of sp³-hybridized carbons (Fsp3) is 0.125. The molecule has 7 heteroatoms. The van der Waals surface area contributed by atoms with Crippen LogP contribution in [0.4, 0.5) is 0 Å². The second kappa shape index (κ2) is 8.49. The topological polar surface area (TPSA) is 54.2 Å². The lowest BCUT2D eigenvalue weighted by molar-refractivity contribution is 0.267. The molecule has 1 aliphatic heterocycles. The molecule has 2 atom stereocenters. The van der Waals surface area contributed by atoms with E-state index in [9.17, 15) is 0 Å². The molecule has 0 aliphatic carbocycles. The zero-order valence-corrected chi connectivity index (χ0v) is 18.1. The van der Waals surface area contributed by atoms with Crippen molar-refractivity contribution in [3.05, 3.63) is 107 Å². The SMILES string of the molecule is S=C1N[C@H](c2ccccn2)[C@@H](c2ccc(-c3ccc(Cl)cc3)o2)N1Cc1ccccn1. The smallest absolute Gasteiger partial charge is 0.170 e. The summed E-state index contributed by atoms with van der Waals surface area (Å²) < 4.78 is 6.33. The number of benzene rings is 1. The molecule has 5 nitrogen and oxygen atoms in total. The normalized spacial score (nSPS) is 18.2. The third kappa shape index (κ3) is 4.04. The molecule has 1 aromatic carbocycles. The predicted molar refractivity (Wildman–Crippen MR) is 124 cm³/mol. The van der Waals surface area contributed by atoms with Crippen LogP contribution in [-0.4, -0.2) is 20.0 Å². The molecule has 5 rings (SSSR count). The Labute approximate surface area is 190 Å². The summed E-state index contributed by atoms with van der Waals surface area (Å²) in [5.41, 5.74) is 2.81. The van der Waals surface area contributed by atoms with Crippen LogP contribution in [0.1, 0.15) is 29.2 Å². The highest BCUT2D eigenvalue weighted by atomic mass is 35.5. The molecular formula is C24H19ClN4OS. The van der Waals surface area contributed by atoms with Crippen LogP contribution in [0.15, 0.2) is 89.6 Å². The van der Waals surface area contributed by atoms with Gasteiger partial charge in [0.05, 0.1) is 24.0 Å². The molecule has 0 bridgehead atoms. The number of thiocarbonyl (C=S) groups is 1. The first-order chi connectivity index (χ1) is 15.2. The van der Waals surface area contributed by atoms with Crippen molar-refractivity contribution in [2.24, 2.45) is 0 Å². The highest BCUT2D eigenvalue weighted by molar-refractivity contribution is 7.80. The molecule has 1 N–H and O–H groups in total. The predicted octanol–water partition coefficient (Wildman–Crippen LogP) is 5.56. The molecule has 1 aliphatic rings. The van der Waals surface area contributed by atoms with Crippen molar-refractivity contribution in [3.63, 3.8) is 0 Å². The van der Waals surface area contributed by atoms with E-state index >= 15 is 0 Å². The quantitative estimate of drug-likeness (QED) is 0.405. The lowest BCUT2D eigenvalue weighted by Crippen LogP contribution is -2.29. The third-order valence-corrected chi connectivity index (χ3v) is 5.91. The Kier molecular flexibility index (Phi) is 5.40. The fourth-order valence-electron chi connectivity index (χ4n) is 3.83. The van der Waals surface area contributed by atoms with E-state index in [1.165, 1.54) is 0 Å². The molecule has 1 fully saturated rings. The van der Waals surface area contributed by atoms with Crippen molar-refractivity contribution < 1.29 is 4.42 Å². The van der Waals surface area contributed by atoms with Crippen LogP contribution < -0.4 is 5.32 Å². The number of rotatable bonds is 5. The number of halogens is 1. The van der Waals surface area contributed by atoms with E-state index in [4.69, 9.17) is 28.2 Å². The first-order valence-corrected chi connectivity index (χ1v) is 10.7. The molecule has 0 unspecified atom stereocenters. The maximum Gasteiger partial charge on any atom is 0.170 e. The largest absolute Gasteiger partial charge is 0.459 e. The maximum atomic E-state index is 6.33. The molecule has 4 heterocycles. The Hall–Kier alpha value is -3.22. The zero-order valence-electron chi connectivity index (χ0n) is 16.5. The molecule has 0 spiro atoms. The molecule has 0 saturated carbocycles. The zero-order chi connectivity index (χ0) is 21.2. The standard InChI is InChI=1S/C24H19ClN4OS/c25-17-9-7-16(8-10-17)20-11-12-21(30-20)23-22(19-6-2-4-14-27-19)28-24(31)29(23)15-18-5-1-3-13-26-18/h1-14,22-23H,15H2,(H,28,31)/t22-,23-/m1/s1. The molecule has 3 aromatic heterocycles. The number of nitrogens with one attached hydrogen (secondary N) is 1. The van der Waals surface area contributed by atoms with Crippen molar-refractivity contribution in [2.45, 2.75) is 18.6 Å². The second-order valence-corrected chi connectivity index (χ2v) is 8.11. The summed E-state index contributed by atoms with van der Waals surface area (Å²) in [7, 11) is 0. The van der Waals surface area contributed by atoms with Gasteiger partial charge < -0.3 is 14.6 Å². The van der Waals surface area contributed by atoms with Crippen molar-refractivity contribution >= 4 is 28.9 Å². The first kappa shape index (κ1) is 19.7. The molecule has 0 amide bonds. The summed E-state index contributed by atoms with van der Waals surface area (Å²) in [6, 6.07) is 23.1. The minimum atomic E-state index is -0.162. The van der Waals surface area contributed by atoms with Crippen molar-refractivity contribution in [1.82, 2.24) is 20.2 Å². The van der Waals surface area contributed by atoms with Crippen LogP contribution in [0, 0.1) is 0 Å². The van der Waals surface area contributed by atoms with Crippen LogP contribution in [0.2, 0.25) is 5.02 Å². The summed E-state index contributed by atoms with van der Waals surface area (Å²) in [5.74, 6) is 1.59. The summed E-state index contributed by atoms with van der Waals surface area (Å²) >= 11 is 11.7. The number of nitrogens with zero attached hydrogens (tertiary/aromatic N) is 3. The Morgan fingerprint density at radius 2 is 1.71 bits per heavy atom. The Morgan fingerprint density at radius 1 is 0.935 bits per heavy atom. The van der Waals surface area contributed by atoms with Gasteiger partial charge in [-0.25, -0.2) is 0 Å². The second-order valence-electron chi connectivity index (χ2n) is 7.28. The third-order valence-electron chi connectivity index (χ3n) is 5.30. The number of pyridine rings is 2. The van der Waals surface area contributed by atoms with Crippen molar-refractivity contribution in [1.29, 1.82) is 0 Å². The van der Waals surface area contributed by atoms with E-state index in [2.05, 4.69) is 20.2 Å². The van der Waals surface area contributed by atoms with Gasteiger partial charge in [-0.2, -0.15) is 0 Å². The monoisotopic (exact) mass is 446 g/mol. The van der Waals surface area contributed by atoms with Crippen LogP contribution >= 0.6 is 23.8 Å². The summed E-state index contributed by atoms with van der Waals surface area (Å²) in [5, 5.41) is 4.78. The number of aromatic nitrogens is 2. The van der Waals surface area contributed by atoms with Crippen LogP contribution in [-0.2, 0) is 6.54 Å². The van der Waals surface area contributed by atoms with Crippen LogP contribution in [0.3, 0.4) is 0 Å². The van der Waals surface area contributed by atoms with Gasteiger partial charge in [-0.15, -0.1) is 0 Å². The molecule has 4 aromatic rings. The lowest BCUT2D eigenvalue weighted by atomic mass is 10.0. The summed E-state index contributed by atoms with van der Waals surface area (Å²) in [6.07, 6.45) is 3.58. The van der Waals surface area contributed by atoms with E-state index in [0.29, 0.717) is 16.7 Å². The number of hydrogen-bond donors (Lipinski definition) is 1. The number of hydrogen-bond acceptors (Lipinski definition) is 4. The van der Waals surface area contributed by atoms with Gasteiger partial charge in [0.25, 0.3) is 0 Å². The molecule has 154 valence electrons. The van der Waals surface area contributed by atoms with Gasteiger partial charge in [0.1, 0.15) is 17.6 Å². The van der Waals surface area contributed by atoms with Crippen molar-refractivity contribution in [2.75, 3.05) is 0 Å². The molecule has 0 radical (unpaired) electrons. The van der Waals surface area contributed by atoms with Gasteiger partial charge >= 0.3 is 0 Å². The number of furan rings is 1. The minimum Gasteiger partial charge on any atom is -0.459 e. The van der Waals surface area contributed by atoms with Gasteiger partial charge in [-0.3, -0.25) is 9.97 Å². The van der Waals surface area contributed by atoms with E-state index < -0.39 is 0 Å². The van der Waals surface area contributed by atoms with Gasteiger partial charge in [0.2, 0.25) is 0 Å². The summed E-state index contributed by atoms with van der Waals surface area (Å²) in [4.78, 5) is 11.2. The maximum absolute atomic E-state index is 6.33. The van der Waals surface area contributed by atoms with Gasteiger partial charge in [-0.05, 0) is 72.9 Å². The average molecular weight is 447 g/mol. The van der Waals surface area contributed by atoms with Crippen molar-refractivity contribution in [3.8, 4) is 11.3 Å². The van der Waals surface area contributed by atoms with Crippen LogP contribution in [0.5, 0.6) is 0 Å². The highest BCUT2D eigenvalue weighted by Crippen LogP contribution is 2.41. The van der Waals surface area contributed by atoms with Gasteiger partial charge in [-0.1, -0.05) is 23.7 Å². The van der Waals surface area contributed by atoms with E-state index in [-0.39, 0.29) is 12.1 Å².